The Balaban J connectivity index is 2.46. The molecule has 2 aromatic heterocycles. The molecule has 0 saturated carbocycles. The normalized spacial score (nSPS) is 10.8. The zero-order valence-electron chi connectivity index (χ0n) is 6.73. The van der Waals surface area contributed by atoms with E-state index in [0.717, 1.165) is 12.2 Å². The van der Waals surface area contributed by atoms with Gasteiger partial charge in [0.15, 0.2) is 5.65 Å². The molecule has 0 fully saturated rings. The maximum absolute atomic E-state index is 3.84. The van der Waals surface area contributed by atoms with Gasteiger partial charge in [0.05, 0.1) is 0 Å². The first-order valence-corrected chi connectivity index (χ1v) is 3.71. The summed E-state index contributed by atoms with van der Waals surface area (Å²) in [6.45, 7) is 0.837. The number of hydrogen-bond donors (Lipinski definition) is 1. The predicted molar refractivity (Wildman–Crippen MR) is 43.5 cm³/mol. The van der Waals surface area contributed by atoms with Crippen LogP contribution in [0.1, 0.15) is 5.56 Å². The van der Waals surface area contributed by atoms with Gasteiger partial charge in [-0.15, -0.1) is 5.10 Å². The Morgan fingerprint density at radius 2 is 2.50 bits per heavy atom. The molecule has 0 radical (unpaired) electrons. The number of nitrogens with one attached hydrogen (secondary N) is 1. The molecule has 2 rings (SSSR count). The molecule has 2 aromatic rings. The lowest BCUT2D eigenvalue weighted by atomic mass is 10.3. The summed E-state index contributed by atoms with van der Waals surface area (Å²) in [5, 5.41) is 14.2. The van der Waals surface area contributed by atoms with E-state index in [1.165, 1.54) is 5.56 Å². The predicted octanol–water partition coefficient (Wildman–Crippen LogP) is -0.156. The standard InChI is InChI=1S/C7H9N5/c1-8-5-6-2-3-12-7(4-6)9-10-11-12/h2-4,8H,5H2,1H3. The van der Waals surface area contributed by atoms with Crippen molar-refractivity contribution in [3.63, 3.8) is 0 Å². The largest absolute Gasteiger partial charge is 0.316 e. The maximum Gasteiger partial charge on any atom is 0.179 e. The molecule has 2 heterocycles. The Morgan fingerprint density at radius 3 is 3.33 bits per heavy atom. The fourth-order valence-corrected chi connectivity index (χ4v) is 1.10. The van der Waals surface area contributed by atoms with Crippen molar-refractivity contribution < 1.29 is 0 Å². The highest BCUT2D eigenvalue weighted by molar-refractivity contribution is 5.38. The molecule has 0 aliphatic heterocycles. The molecule has 0 aliphatic carbocycles. The van der Waals surface area contributed by atoms with E-state index in [2.05, 4.69) is 20.8 Å². The first-order valence-electron chi connectivity index (χ1n) is 3.71. The molecule has 5 heteroatoms. The topological polar surface area (TPSA) is 55.1 Å². The minimum absolute atomic E-state index is 0.780. The molecule has 0 aliphatic rings. The number of hydrogen-bond acceptors (Lipinski definition) is 4. The van der Waals surface area contributed by atoms with Gasteiger partial charge in [0, 0.05) is 12.7 Å². The van der Waals surface area contributed by atoms with Crippen LogP contribution in [-0.4, -0.2) is 27.1 Å². The van der Waals surface area contributed by atoms with Gasteiger partial charge in [0.25, 0.3) is 0 Å². The molecular weight excluding hydrogens is 154 g/mol. The van der Waals surface area contributed by atoms with Crippen LogP contribution in [0, 0.1) is 0 Å². The van der Waals surface area contributed by atoms with Crippen LogP contribution in [0.5, 0.6) is 0 Å². The third-order valence-corrected chi connectivity index (χ3v) is 1.64. The second kappa shape index (κ2) is 2.86. The van der Waals surface area contributed by atoms with Crippen LogP contribution < -0.4 is 5.32 Å². The van der Waals surface area contributed by atoms with Crippen LogP contribution in [0.15, 0.2) is 18.3 Å². The number of rotatable bonds is 2. The molecule has 0 spiro atoms. The molecule has 0 saturated heterocycles. The van der Waals surface area contributed by atoms with Crippen LogP contribution in [0.25, 0.3) is 5.65 Å². The van der Waals surface area contributed by atoms with E-state index in [9.17, 15) is 0 Å². The summed E-state index contributed by atoms with van der Waals surface area (Å²) in [7, 11) is 1.91. The molecule has 0 aromatic carbocycles. The fraction of sp³-hybridized carbons (Fsp3) is 0.286. The summed E-state index contributed by atoms with van der Waals surface area (Å²) in [5.41, 5.74) is 1.96. The van der Waals surface area contributed by atoms with Crippen molar-refractivity contribution >= 4 is 5.65 Å². The SMILES string of the molecule is CNCc1ccn2nnnc2c1. The van der Waals surface area contributed by atoms with E-state index in [0.29, 0.717) is 0 Å². The van der Waals surface area contributed by atoms with E-state index in [1.54, 1.807) is 4.52 Å². The van der Waals surface area contributed by atoms with Crippen LogP contribution in [0.4, 0.5) is 0 Å². The third-order valence-electron chi connectivity index (χ3n) is 1.64. The molecule has 62 valence electrons. The van der Waals surface area contributed by atoms with Crippen molar-refractivity contribution in [1.82, 2.24) is 25.4 Å². The highest BCUT2D eigenvalue weighted by Gasteiger charge is 1.96. The molecule has 0 unspecified atom stereocenters. The van der Waals surface area contributed by atoms with Crippen LogP contribution in [0.2, 0.25) is 0 Å². The molecule has 0 amide bonds. The Bertz CT molecular complexity index is 380. The van der Waals surface area contributed by atoms with Crippen molar-refractivity contribution in [3.8, 4) is 0 Å². The van der Waals surface area contributed by atoms with Crippen molar-refractivity contribution in [2.75, 3.05) is 7.05 Å². The molecule has 0 atom stereocenters. The summed E-state index contributed by atoms with van der Waals surface area (Å²) in [4.78, 5) is 0. The molecule has 1 N–H and O–H groups in total. The van der Waals surface area contributed by atoms with Gasteiger partial charge in [-0.3, -0.25) is 0 Å². The smallest absolute Gasteiger partial charge is 0.179 e. The fourth-order valence-electron chi connectivity index (χ4n) is 1.10. The lowest BCUT2D eigenvalue weighted by Gasteiger charge is -1.97. The van der Waals surface area contributed by atoms with Gasteiger partial charge in [-0.25, -0.2) is 4.52 Å². The van der Waals surface area contributed by atoms with Crippen molar-refractivity contribution in [2.24, 2.45) is 0 Å². The Kier molecular flexibility index (Phi) is 1.71. The number of fused-ring (bicyclic) bond motifs is 1. The van der Waals surface area contributed by atoms with Gasteiger partial charge in [-0.2, -0.15) is 0 Å². The van der Waals surface area contributed by atoms with E-state index in [4.69, 9.17) is 0 Å². The third kappa shape index (κ3) is 1.14. The summed E-state index contributed by atoms with van der Waals surface area (Å²) < 4.78 is 1.64. The Hall–Kier alpha value is -1.49. The minimum atomic E-state index is 0.780. The van der Waals surface area contributed by atoms with Crippen molar-refractivity contribution in [2.45, 2.75) is 6.54 Å². The second-order valence-electron chi connectivity index (χ2n) is 2.55. The van der Waals surface area contributed by atoms with Gasteiger partial charge in [-0.05, 0) is 35.2 Å². The Morgan fingerprint density at radius 1 is 1.58 bits per heavy atom. The van der Waals surface area contributed by atoms with Gasteiger partial charge >= 0.3 is 0 Å². The average Bonchev–Trinajstić information content (AvgIpc) is 2.51. The number of pyridine rings is 1. The Labute approximate surface area is 69.4 Å². The molecular formula is C7H9N5. The first-order chi connectivity index (χ1) is 5.90. The lowest BCUT2D eigenvalue weighted by Crippen LogP contribution is -2.05. The van der Waals surface area contributed by atoms with Crippen molar-refractivity contribution in [3.05, 3.63) is 23.9 Å². The van der Waals surface area contributed by atoms with Crippen LogP contribution in [0.3, 0.4) is 0 Å². The van der Waals surface area contributed by atoms with E-state index < -0.39 is 0 Å². The summed E-state index contributed by atoms with van der Waals surface area (Å²) in [6, 6.07) is 3.94. The van der Waals surface area contributed by atoms with E-state index in [-0.39, 0.29) is 0 Å². The molecule has 5 nitrogen and oxygen atoms in total. The molecule has 0 bridgehead atoms. The van der Waals surface area contributed by atoms with Gasteiger partial charge in [-0.1, -0.05) is 0 Å². The quantitative estimate of drug-likeness (QED) is 0.668. The van der Waals surface area contributed by atoms with Gasteiger partial charge < -0.3 is 5.32 Å². The van der Waals surface area contributed by atoms with E-state index in [1.807, 2.05) is 25.4 Å². The average molecular weight is 163 g/mol. The molecule has 12 heavy (non-hydrogen) atoms. The summed E-state index contributed by atoms with van der Waals surface area (Å²) in [5.74, 6) is 0. The number of nitrogens with zero attached hydrogens (tertiary/aromatic N) is 4. The summed E-state index contributed by atoms with van der Waals surface area (Å²) in [6.07, 6.45) is 1.85. The monoisotopic (exact) mass is 163 g/mol. The number of aromatic nitrogens is 4. The highest BCUT2D eigenvalue weighted by atomic mass is 15.5. The summed E-state index contributed by atoms with van der Waals surface area (Å²) >= 11 is 0. The van der Waals surface area contributed by atoms with Crippen molar-refractivity contribution in [1.29, 1.82) is 0 Å². The minimum Gasteiger partial charge on any atom is -0.316 e. The van der Waals surface area contributed by atoms with Gasteiger partial charge in [0.2, 0.25) is 0 Å². The second-order valence-corrected chi connectivity index (χ2v) is 2.55. The zero-order chi connectivity index (χ0) is 8.39. The van der Waals surface area contributed by atoms with E-state index >= 15 is 0 Å². The highest BCUT2D eigenvalue weighted by Crippen LogP contribution is 2.01. The van der Waals surface area contributed by atoms with Gasteiger partial charge in [0.1, 0.15) is 0 Å². The first kappa shape index (κ1) is 7.17. The van der Waals surface area contributed by atoms with Crippen LogP contribution >= 0.6 is 0 Å². The number of tetrazole rings is 1. The zero-order valence-corrected chi connectivity index (χ0v) is 6.73. The van der Waals surface area contributed by atoms with Crippen LogP contribution in [-0.2, 0) is 6.54 Å². The maximum atomic E-state index is 3.84. The lowest BCUT2D eigenvalue weighted by molar-refractivity contribution is 0.803.